The van der Waals surface area contributed by atoms with Crippen LogP contribution in [0.2, 0.25) is 0 Å². The van der Waals surface area contributed by atoms with Crippen molar-refractivity contribution in [1.29, 1.82) is 0 Å². The molecule has 0 spiro atoms. The van der Waals surface area contributed by atoms with E-state index in [0.29, 0.717) is 17.4 Å². The summed E-state index contributed by atoms with van der Waals surface area (Å²) in [6.07, 6.45) is 8.97. The molecule has 4 unspecified atom stereocenters. The van der Waals surface area contributed by atoms with Gasteiger partial charge >= 0.3 is 0 Å². The molecule has 2 fully saturated rings. The molecule has 0 aromatic carbocycles. The Balaban J connectivity index is 1.61. The fraction of sp³-hybridized carbons (Fsp3) is 0.500. The molecule has 2 N–H and O–H groups in total. The molecule has 4 atom stereocenters. The summed E-state index contributed by atoms with van der Waals surface area (Å²) in [7, 11) is 0. The van der Waals surface area contributed by atoms with Crippen molar-refractivity contribution in [2.75, 3.05) is 6.61 Å². The number of pyridine rings is 1. The molecule has 2 saturated carbocycles. The van der Waals surface area contributed by atoms with E-state index in [1.54, 1.807) is 6.08 Å². The number of halogens is 1. The molecule has 5 heteroatoms. The molecule has 112 valence electrons. The maximum atomic E-state index is 13.0. The van der Waals surface area contributed by atoms with Gasteiger partial charge in [0.15, 0.2) is 0 Å². The fourth-order valence-corrected chi connectivity index (χ4v) is 3.80. The first-order valence-electron chi connectivity index (χ1n) is 7.37. The number of nitrogens with zero attached hydrogens (tertiary/aromatic N) is 1. The number of rotatable bonds is 4. The molecule has 1 aromatic rings. The lowest BCUT2D eigenvalue weighted by Gasteiger charge is -2.30. The monoisotopic (exact) mass is 290 g/mol. The first kappa shape index (κ1) is 14.2. The Morgan fingerprint density at radius 3 is 3.00 bits per heavy atom. The lowest BCUT2D eigenvalue weighted by molar-refractivity contribution is -0.117. The Morgan fingerprint density at radius 1 is 1.43 bits per heavy atom. The average molecular weight is 290 g/mol. The zero-order valence-corrected chi connectivity index (χ0v) is 11.7. The van der Waals surface area contributed by atoms with Crippen molar-refractivity contribution in [3.63, 3.8) is 0 Å². The summed E-state index contributed by atoms with van der Waals surface area (Å²) in [4.78, 5) is 15.7. The van der Waals surface area contributed by atoms with E-state index >= 15 is 0 Å². The first-order chi connectivity index (χ1) is 10.2. The number of amides is 1. The summed E-state index contributed by atoms with van der Waals surface area (Å²) in [6, 6.07) is 1.39. The molecule has 1 aromatic heterocycles. The summed E-state index contributed by atoms with van der Waals surface area (Å²) in [5.41, 5.74) is 0.553. The Hall–Kier alpha value is -1.75. The summed E-state index contributed by atoms with van der Waals surface area (Å²) < 4.78 is 13.0. The molecule has 2 aliphatic rings. The van der Waals surface area contributed by atoms with E-state index in [1.165, 1.54) is 18.3 Å². The largest absolute Gasteiger partial charge is 0.396 e. The topological polar surface area (TPSA) is 62.2 Å². The van der Waals surface area contributed by atoms with Gasteiger partial charge < -0.3 is 10.4 Å². The SMILES string of the molecule is O=C(/C=C/c1cncc(F)c1)NC1C2CCC(C2)C1CO. The normalized spacial score (nSPS) is 31.0. The molecule has 4 nitrogen and oxygen atoms in total. The highest BCUT2D eigenvalue weighted by Gasteiger charge is 2.47. The van der Waals surface area contributed by atoms with Crippen LogP contribution in [0.5, 0.6) is 0 Å². The van der Waals surface area contributed by atoms with E-state index in [1.807, 2.05) is 0 Å². The zero-order chi connectivity index (χ0) is 14.8. The van der Waals surface area contributed by atoms with Crippen LogP contribution in [0.4, 0.5) is 4.39 Å². The number of fused-ring (bicyclic) bond motifs is 2. The number of hydrogen-bond acceptors (Lipinski definition) is 3. The summed E-state index contributed by atoms with van der Waals surface area (Å²) in [5.74, 6) is 0.584. The minimum atomic E-state index is -0.425. The summed E-state index contributed by atoms with van der Waals surface area (Å²) >= 11 is 0. The van der Waals surface area contributed by atoms with Gasteiger partial charge in [0.05, 0.1) is 6.20 Å². The van der Waals surface area contributed by atoms with E-state index < -0.39 is 5.82 Å². The minimum absolute atomic E-state index is 0.0662. The summed E-state index contributed by atoms with van der Waals surface area (Å²) in [5, 5.41) is 12.5. The van der Waals surface area contributed by atoms with Crippen LogP contribution in [0.1, 0.15) is 24.8 Å². The highest BCUT2D eigenvalue weighted by atomic mass is 19.1. The number of carbonyl (C=O) groups is 1. The highest BCUT2D eigenvalue weighted by Crippen LogP contribution is 2.48. The number of aliphatic hydroxyl groups excluding tert-OH is 1. The quantitative estimate of drug-likeness (QED) is 0.831. The molecule has 0 radical (unpaired) electrons. The van der Waals surface area contributed by atoms with E-state index in [-0.39, 0.29) is 24.5 Å². The molecule has 2 bridgehead atoms. The van der Waals surface area contributed by atoms with E-state index in [2.05, 4.69) is 10.3 Å². The highest BCUT2D eigenvalue weighted by molar-refractivity contribution is 5.91. The maximum absolute atomic E-state index is 13.0. The third-order valence-corrected chi connectivity index (χ3v) is 4.76. The molecule has 0 saturated heterocycles. The van der Waals surface area contributed by atoms with Crippen LogP contribution in [-0.2, 0) is 4.79 Å². The third-order valence-electron chi connectivity index (χ3n) is 4.76. The second-order valence-corrected chi connectivity index (χ2v) is 5.98. The van der Waals surface area contributed by atoms with Crippen LogP contribution < -0.4 is 5.32 Å². The standard InChI is InChI=1S/C16H19FN2O2/c17-13-5-10(7-18-8-13)1-4-15(21)19-16-12-3-2-11(6-12)14(16)9-20/h1,4-5,7-8,11-12,14,16,20H,2-3,6,9H2,(H,19,21)/b4-1+. The first-order valence-corrected chi connectivity index (χ1v) is 7.37. The van der Waals surface area contributed by atoms with Gasteiger partial charge in [-0.3, -0.25) is 9.78 Å². The average Bonchev–Trinajstić information content (AvgIpc) is 3.06. The lowest BCUT2D eigenvalue weighted by Crippen LogP contribution is -2.44. The van der Waals surface area contributed by atoms with Crippen LogP contribution in [0.25, 0.3) is 6.08 Å². The zero-order valence-electron chi connectivity index (χ0n) is 11.7. The summed E-state index contributed by atoms with van der Waals surface area (Å²) in [6.45, 7) is 0.129. The van der Waals surface area contributed by atoms with Gasteiger partial charge in [0.1, 0.15) is 5.82 Å². The fourth-order valence-electron chi connectivity index (χ4n) is 3.80. The van der Waals surface area contributed by atoms with Gasteiger partial charge in [0.25, 0.3) is 0 Å². The van der Waals surface area contributed by atoms with Crippen LogP contribution >= 0.6 is 0 Å². The van der Waals surface area contributed by atoms with Crippen LogP contribution in [-0.4, -0.2) is 28.6 Å². The number of aliphatic hydroxyl groups is 1. The van der Waals surface area contributed by atoms with Crippen LogP contribution in [0.3, 0.4) is 0 Å². The van der Waals surface area contributed by atoms with Crippen molar-refractivity contribution >= 4 is 12.0 Å². The van der Waals surface area contributed by atoms with Crippen LogP contribution in [0, 0.1) is 23.6 Å². The van der Waals surface area contributed by atoms with E-state index in [0.717, 1.165) is 25.5 Å². The lowest BCUT2D eigenvalue weighted by atomic mass is 9.85. The number of hydrogen-bond donors (Lipinski definition) is 2. The smallest absolute Gasteiger partial charge is 0.244 e. The molecule has 0 aliphatic heterocycles. The predicted molar refractivity (Wildman–Crippen MR) is 76.6 cm³/mol. The minimum Gasteiger partial charge on any atom is -0.396 e. The Morgan fingerprint density at radius 2 is 2.24 bits per heavy atom. The molecule has 2 aliphatic carbocycles. The van der Waals surface area contributed by atoms with Crippen molar-refractivity contribution in [2.45, 2.75) is 25.3 Å². The maximum Gasteiger partial charge on any atom is 0.244 e. The Kier molecular flexibility index (Phi) is 4.01. The van der Waals surface area contributed by atoms with Gasteiger partial charge in [-0.15, -0.1) is 0 Å². The van der Waals surface area contributed by atoms with Crippen molar-refractivity contribution in [3.8, 4) is 0 Å². The van der Waals surface area contributed by atoms with Gasteiger partial charge in [0.2, 0.25) is 5.91 Å². The van der Waals surface area contributed by atoms with Gasteiger partial charge in [-0.1, -0.05) is 0 Å². The van der Waals surface area contributed by atoms with Crippen molar-refractivity contribution < 1.29 is 14.3 Å². The number of aromatic nitrogens is 1. The van der Waals surface area contributed by atoms with E-state index in [9.17, 15) is 14.3 Å². The second-order valence-electron chi connectivity index (χ2n) is 5.98. The van der Waals surface area contributed by atoms with Crippen molar-refractivity contribution in [2.24, 2.45) is 17.8 Å². The molecule has 21 heavy (non-hydrogen) atoms. The van der Waals surface area contributed by atoms with Crippen molar-refractivity contribution in [1.82, 2.24) is 10.3 Å². The van der Waals surface area contributed by atoms with Gasteiger partial charge in [0, 0.05) is 30.8 Å². The van der Waals surface area contributed by atoms with Gasteiger partial charge in [-0.05, 0) is 48.8 Å². The third kappa shape index (κ3) is 2.97. The van der Waals surface area contributed by atoms with Crippen LogP contribution in [0.15, 0.2) is 24.5 Å². The molecular formula is C16H19FN2O2. The number of nitrogens with one attached hydrogen (secondary N) is 1. The van der Waals surface area contributed by atoms with Gasteiger partial charge in [-0.25, -0.2) is 4.39 Å². The second kappa shape index (κ2) is 5.93. The van der Waals surface area contributed by atoms with E-state index in [4.69, 9.17) is 0 Å². The predicted octanol–water partition coefficient (Wildman–Crippen LogP) is 1.76. The molecule has 3 rings (SSSR count). The number of carbonyl (C=O) groups excluding carboxylic acids is 1. The van der Waals surface area contributed by atoms with Gasteiger partial charge in [-0.2, -0.15) is 0 Å². The molecule has 1 amide bonds. The molecular weight excluding hydrogens is 271 g/mol. The Labute approximate surface area is 123 Å². The molecule has 1 heterocycles. The Bertz CT molecular complexity index is 561. The van der Waals surface area contributed by atoms with Crippen molar-refractivity contribution in [3.05, 3.63) is 35.9 Å².